The summed E-state index contributed by atoms with van der Waals surface area (Å²) in [6.07, 6.45) is 4.18. The molecule has 0 amide bonds. The fourth-order valence-corrected chi connectivity index (χ4v) is 2.47. The quantitative estimate of drug-likeness (QED) is 0.677. The summed E-state index contributed by atoms with van der Waals surface area (Å²) in [5, 5.41) is 10.5. The van der Waals surface area contributed by atoms with E-state index in [1.165, 1.54) is 25.7 Å². The molecular weight excluding hydrogens is 278 g/mol. The monoisotopic (exact) mass is 309 g/mol. The first-order chi connectivity index (χ1) is 10.7. The molecular formula is C18H31NO3. The maximum atomic E-state index is 10.5. The molecule has 22 heavy (non-hydrogen) atoms. The molecule has 0 aliphatic heterocycles. The topological polar surface area (TPSA) is 41.9 Å². The Morgan fingerprint density at radius 1 is 1.00 bits per heavy atom. The predicted octanol–water partition coefficient (Wildman–Crippen LogP) is 3.64. The summed E-state index contributed by atoms with van der Waals surface area (Å²) in [4.78, 5) is 2.36. The fraction of sp³-hybridized carbons (Fsp3) is 0.667. The number of methoxy groups -OCH3 is 2. The van der Waals surface area contributed by atoms with E-state index in [1.807, 2.05) is 18.2 Å². The maximum Gasteiger partial charge on any atom is 0.161 e. The average molecular weight is 309 g/mol. The van der Waals surface area contributed by atoms with Crippen molar-refractivity contribution in [3.05, 3.63) is 23.8 Å². The van der Waals surface area contributed by atoms with E-state index in [-0.39, 0.29) is 0 Å². The maximum absolute atomic E-state index is 10.5. The van der Waals surface area contributed by atoms with Gasteiger partial charge in [-0.1, -0.05) is 32.8 Å². The van der Waals surface area contributed by atoms with E-state index >= 15 is 0 Å². The van der Waals surface area contributed by atoms with Crippen molar-refractivity contribution in [1.29, 1.82) is 0 Å². The van der Waals surface area contributed by atoms with Crippen molar-refractivity contribution in [2.45, 2.75) is 45.6 Å². The molecule has 126 valence electrons. The summed E-state index contributed by atoms with van der Waals surface area (Å²) < 4.78 is 10.6. The molecule has 0 aromatic heterocycles. The van der Waals surface area contributed by atoms with Crippen molar-refractivity contribution in [2.24, 2.45) is 0 Å². The van der Waals surface area contributed by atoms with Gasteiger partial charge in [0.2, 0.25) is 0 Å². The molecule has 0 heterocycles. The largest absolute Gasteiger partial charge is 0.493 e. The van der Waals surface area contributed by atoms with Crippen molar-refractivity contribution >= 4 is 0 Å². The van der Waals surface area contributed by atoms with Gasteiger partial charge in [-0.05, 0) is 43.6 Å². The van der Waals surface area contributed by atoms with Crippen LogP contribution >= 0.6 is 0 Å². The van der Waals surface area contributed by atoms with E-state index in [2.05, 4.69) is 18.7 Å². The van der Waals surface area contributed by atoms with Gasteiger partial charge >= 0.3 is 0 Å². The van der Waals surface area contributed by atoms with Gasteiger partial charge in [-0.3, -0.25) is 0 Å². The molecule has 4 nitrogen and oxygen atoms in total. The molecule has 0 aliphatic carbocycles. The lowest BCUT2D eigenvalue weighted by atomic mass is 10.1. The molecule has 1 rings (SSSR count). The van der Waals surface area contributed by atoms with Crippen LogP contribution in [-0.2, 0) is 0 Å². The number of unbranched alkanes of at least 4 members (excludes halogenated alkanes) is 2. The first-order valence-corrected chi connectivity index (χ1v) is 8.28. The van der Waals surface area contributed by atoms with Gasteiger partial charge < -0.3 is 19.5 Å². The number of benzene rings is 1. The van der Waals surface area contributed by atoms with Gasteiger partial charge in [-0.25, -0.2) is 0 Å². The second-order valence-electron chi connectivity index (χ2n) is 5.64. The number of aliphatic hydroxyl groups excluding tert-OH is 1. The zero-order valence-electron chi connectivity index (χ0n) is 14.5. The SMILES string of the molecule is CCCCN(CCCC)CC(O)c1ccc(OC)c(OC)c1. The lowest BCUT2D eigenvalue weighted by Crippen LogP contribution is -2.30. The molecule has 0 radical (unpaired) electrons. The molecule has 0 fully saturated rings. The second kappa shape index (κ2) is 10.5. The van der Waals surface area contributed by atoms with Crippen LogP contribution in [0.4, 0.5) is 0 Å². The highest BCUT2D eigenvalue weighted by Crippen LogP contribution is 2.30. The van der Waals surface area contributed by atoms with Gasteiger partial charge in [0.25, 0.3) is 0 Å². The van der Waals surface area contributed by atoms with Crippen LogP contribution in [0.2, 0.25) is 0 Å². The normalized spacial score (nSPS) is 12.5. The molecule has 1 unspecified atom stereocenters. The first-order valence-electron chi connectivity index (χ1n) is 8.28. The number of aliphatic hydroxyl groups is 1. The summed E-state index contributed by atoms with van der Waals surface area (Å²) >= 11 is 0. The molecule has 1 aromatic rings. The summed E-state index contributed by atoms with van der Waals surface area (Å²) in [6, 6.07) is 5.62. The molecule has 0 bridgehead atoms. The molecule has 0 saturated carbocycles. The van der Waals surface area contributed by atoms with Gasteiger partial charge in [-0.15, -0.1) is 0 Å². The molecule has 1 N–H and O–H groups in total. The third-order valence-corrected chi connectivity index (χ3v) is 3.88. The fourth-order valence-electron chi connectivity index (χ4n) is 2.47. The van der Waals surface area contributed by atoms with Gasteiger partial charge in [0.05, 0.1) is 20.3 Å². The van der Waals surface area contributed by atoms with Crippen molar-refractivity contribution in [3.8, 4) is 11.5 Å². The van der Waals surface area contributed by atoms with Crippen LogP contribution in [0.25, 0.3) is 0 Å². The smallest absolute Gasteiger partial charge is 0.161 e. The standard InChI is InChI=1S/C18H31NO3/c1-5-7-11-19(12-8-6-2)14-16(20)15-9-10-17(21-3)18(13-15)22-4/h9-10,13,16,20H,5-8,11-12,14H2,1-4H3. The Balaban J connectivity index is 2.73. The van der Waals surface area contributed by atoms with Crippen LogP contribution in [0.15, 0.2) is 18.2 Å². The van der Waals surface area contributed by atoms with Crippen LogP contribution in [0.5, 0.6) is 11.5 Å². The van der Waals surface area contributed by atoms with Crippen LogP contribution in [0, 0.1) is 0 Å². The predicted molar refractivity (Wildman–Crippen MR) is 90.8 cm³/mol. The molecule has 0 saturated heterocycles. The summed E-state index contributed by atoms with van der Waals surface area (Å²) in [7, 11) is 3.23. The highest BCUT2D eigenvalue weighted by atomic mass is 16.5. The van der Waals surface area contributed by atoms with Crippen molar-refractivity contribution in [1.82, 2.24) is 4.90 Å². The number of nitrogens with zero attached hydrogens (tertiary/aromatic N) is 1. The van der Waals surface area contributed by atoms with Crippen LogP contribution < -0.4 is 9.47 Å². The average Bonchev–Trinajstić information content (AvgIpc) is 2.56. The zero-order chi connectivity index (χ0) is 16.4. The Morgan fingerprint density at radius 2 is 1.59 bits per heavy atom. The third kappa shape index (κ3) is 5.85. The van der Waals surface area contributed by atoms with E-state index in [1.54, 1.807) is 14.2 Å². The third-order valence-electron chi connectivity index (χ3n) is 3.88. The van der Waals surface area contributed by atoms with Crippen LogP contribution in [-0.4, -0.2) is 43.9 Å². The summed E-state index contributed by atoms with van der Waals surface area (Å²) in [6.45, 7) is 7.14. The van der Waals surface area contributed by atoms with E-state index in [4.69, 9.17) is 9.47 Å². The van der Waals surface area contributed by atoms with Crippen molar-refractivity contribution in [2.75, 3.05) is 33.9 Å². The number of rotatable bonds is 11. The van der Waals surface area contributed by atoms with Crippen LogP contribution in [0.1, 0.15) is 51.2 Å². The first kappa shape index (κ1) is 18.8. The van der Waals surface area contributed by atoms with Gasteiger partial charge in [0, 0.05) is 6.54 Å². The van der Waals surface area contributed by atoms with Crippen molar-refractivity contribution in [3.63, 3.8) is 0 Å². The van der Waals surface area contributed by atoms with E-state index in [9.17, 15) is 5.11 Å². The molecule has 1 aromatic carbocycles. The van der Waals surface area contributed by atoms with E-state index in [0.29, 0.717) is 18.0 Å². The Labute approximate surface area is 135 Å². The van der Waals surface area contributed by atoms with Crippen molar-refractivity contribution < 1.29 is 14.6 Å². The van der Waals surface area contributed by atoms with Crippen LogP contribution in [0.3, 0.4) is 0 Å². The molecule has 1 atom stereocenters. The van der Waals surface area contributed by atoms with Gasteiger partial charge in [0.1, 0.15) is 0 Å². The Kier molecular flexibility index (Phi) is 8.94. The lowest BCUT2D eigenvalue weighted by molar-refractivity contribution is 0.111. The Hall–Kier alpha value is -1.26. The number of hydrogen-bond acceptors (Lipinski definition) is 4. The Morgan fingerprint density at radius 3 is 2.09 bits per heavy atom. The minimum Gasteiger partial charge on any atom is -0.493 e. The van der Waals surface area contributed by atoms with E-state index in [0.717, 1.165) is 18.7 Å². The lowest BCUT2D eigenvalue weighted by Gasteiger charge is -2.25. The molecule has 4 heteroatoms. The number of hydrogen-bond donors (Lipinski definition) is 1. The highest BCUT2D eigenvalue weighted by molar-refractivity contribution is 5.43. The number of ether oxygens (including phenoxy) is 2. The van der Waals surface area contributed by atoms with Gasteiger partial charge in [0.15, 0.2) is 11.5 Å². The van der Waals surface area contributed by atoms with E-state index < -0.39 is 6.10 Å². The van der Waals surface area contributed by atoms with Gasteiger partial charge in [-0.2, -0.15) is 0 Å². The highest BCUT2D eigenvalue weighted by Gasteiger charge is 2.15. The summed E-state index contributed by atoms with van der Waals surface area (Å²) in [5.41, 5.74) is 0.871. The minimum atomic E-state index is -0.506. The Bertz CT molecular complexity index is 415. The summed E-state index contributed by atoms with van der Waals surface area (Å²) in [5.74, 6) is 1.35. The minimum absolute atomic E-state index is 0.506. The zero-order valence-corrected chi connectivity index (χ0v) is 14.5. The molecule has 0 spiro atoms. The molecule has 0 aliphatic rings. The second-order valence-corrected chi connectivity index (χ2v) is 5.64.